The van der Waals surface area contributed by atoms with Crippen LogP contribution in [0.1, 0.15) is 44.7 Å². The predicted octanol–water partition coefficient (Wildman–Crippen LogP) is 3.24. The van der Waals surface area contributed by atoms with Crippen molar-refractivity contribution in [2.45, 2.75) is 47.5 Å². The number of aryl methyl sites for hydroxylation is 1. The van der Waals surface area contributed by atoms with Crippen LogP contribution in [-0.2, 0) is 9.59 Å². The molecule has 1 fully saturated rings. The SMILES string of the molecule is CCCCN(C)C(=O)C(C)(C)C(=O)N1CCN(c2cccc(C)c2C)CC1. The van der Waals surface area contributed by atoms with E-state index in [4.69, 9.17) is 0 Å². The highest BCUT2D eigenvalue weighted by Gasteiger charge is 2.41. The van der Waals surface area contributed by atoms with Crippen LogP contribution in [0.15, 0.2) is 18.2 Å². The molecule has 5 heteroatoms. The maximum absolute atomic E-state index is 13.1. The first-order chi connectivity index (χ1) is 12.7. The Labute approximate surface area is 164 Å². The fraction of sp³-hybridized carbons (Fsp3) is 0.636. The first-order valence-corrected chi connectivity index (χ1v) is 10.1. The Kier molecular flexibility index (Phi) is 6.90. The van der Waals surface area contributed by atoms with E-state index in [0.717, 1.165) is 25.9 Å². The number of rotatable bonds is 6. The molecule has 1 aliphatic rings. The van der Waals surface area contributed by atoms with E-state index in [9.17, 15) is 9.59 Å². The van der Waals surface area contributed by atoms with Crippen LogP contribution in [-0.4, -0.2) is 61.4 Å². The lowest BCUT2D eigenvalue weighted by atomic mass is 9.89. The smallest absolute Gasteiger partial charge is 0.237 e. The summed E-state index contributed by atoms with van der Waals surface area (Å²) in [6, 6.07) is 6.36. The van der Waals surface area contributed by atoms with Crippen LogP contribution in [0.3, 0.4) is 0 Å². The summed E-state index contributed by atoms with van der Waals surface area (Å²) in [5.74, 6) is -0.144. The zero-order valence-corrected chi connectivity index (χ0v) is 17.8. The number of anilines is 1. The van der Waals surface area contributed by atoms with E-state index in [1.807, 2.05) is 4.90 Å². The number of hydrogen-bond donors (Lipinski definition) is 0. The summed E-state index contributed by atoms with van der Waals surface area (Å²) in [5.41, 5.74) is 2.82. The van der Waals surface area contributed by atoms with Crippen LogP contribution in [0, 0.1) is 19.3 Å². The maximum atomic E-state index is 13.1. The van der Waals surface area contributed by atoms with Gasteiger partial charge in [-0.05, 0) is 51.3 Å². The first-order valence-electron chi connectivity index (χ1n) is 10.1. The highest BCUT2D eigenvalue weighted by atomic mass is 16.2. The molecule has 1 aromatic rings. The Morgan fingerprint density at radius 3 is 2.33 bits per heavy atom. The zero-order valence-electron chi connectivity index (χ0n) is 17.8. The standard InChI is InChI=1S/C22H35N3O2/c1-7-8-12-23(6)20(26)22(4,5)21(27)25-15-13-24(14-16-25)19-11-9-10-17(2)18(19)3/h9-11H,7-8,12-16H2,1-6H3. The number of nitrogens with zero attached hydrogens (tertiary/aromatic N) is 3. The second-order valence-electron chi connectivity index (χ2n) is 8.20. The maximum Gasteiger partial charge on any atom is 0.237 e. The summed E-state index contributed by atoms with van der Waals surface area (Å²) in [5, 5.41) is 0. The topological polar surface area (TPSA) is 43.9 Å². The molecule has 0 radical (unpaired) electrons. The summed E-state index contributed by atoms with van der Waals surface area (Å²) < 4.78 is 0. The number of unbranched alkanes of at least 4 members (excludes halogenated alkanes) is 1. The quantitative estimate of drug-likeness (QED) is 0.719. The molecule has 0 aromatic heterocycles. The lowest BCUT2D eigenvalue weighted by Crippen LogP contribution is -2.55. The number of carbonyl (C=O) groups is 2. The van der Waals surface area contributed by atoms with Gasteiger partial charge in [-0.2, -0.15) is 0 Å². The lowest BCUT2D eigenvalue weighted by Gasteiger charge is -2.40. The molecule has 0 N–H and O–H groups in total. The zero-order chi connectivity index (χ0) is 20.2. The van der Waals surface area contributed by atoms with Gasteiger partial charge in [-0.3, -0.25) is 9.59 Å². The van der Waals surface area contributed by atoms with Crippen LogP contribution in [0.4, 0.5) is 5.69 Å². The van der Waals surface area contributed by atoms with Crippen LogP contribution in [0.5, 0.6) is 0 Å². The summed E-state index contributed by atoms with van der Waals surface area (Å²) in [4.78, 5) is 31.8. The van der Waals surface area contributed by atoms with E-state index >= 15 is 0 Å². The van der Waals surface area contributed by atoms with Gasteiger partial charge < -0.3 is 14.7 Å². The number of piperazine rings is 1. The van der Waals surface area contributed by atoms with E-state index in [2.05, 4.69) is 43.9 Å². The van der Waals surface area contributed by atoms with Gasteiger partial charge in [0.05, 0.1) is 0 Å². The van der Waals surface area contributed by atoms with E-state index in [-0.39, 0.29) is 11.8 Å². The van der Waals surface area contributed by atoms with Crippen molar-refractivity contribution in [2.75, 3.05) is 44.7 Å². The molecule has 1 aliphatic heterocycles. The van der Waals surface area contributed by atoms with Crippen molar-refractivity contribution in [3.8, 4) is 0 Å². The molecule has 150 valence electrons. The Hall–Kier alpha value is -2.04. The molecule has 0 atom stereocenters. The highest BCUT2D eigenvalue weighted by Crippen LogP contribution is 2.26. The molecule has 1 aromatic carbocycles. The molecule has 1 heterocycles. The molecule has 2 amide bonds. The van der Waals surface area contributed by atoms with Gasteiger partial charge in [0.25, 0.3) is 0 Å². The second kappa shape index (κ2) is 8.77. The summed E-state index contributed by atoms with van der Waals surface area (Å²) in [7, 11) is 1.80. The Balaban J connectivity index is 2.01. The Morgan fingerprint density at radius 2 is 1.74 bits per heavy atom. The van der Waals surface area contributed by atoms with Crippen molar-refractivity contribution in [1.29, 1.82) is 0 Å². The predicted molar refractivity (Wildman–Crippen MR) is 111 cm³/mol. The molecule has 0 bridgehead atoms. The summed E-state index contributed by atoms with van der Waals surface area (Å²) in [6.07, 6.45) is 1.99. The van der Waals surface area contributed by atoms with Gasteiger partial charge >= 0.3 is 0 Å². The molecular formula is C22H35N3O2. The van der Waals surface area contributed by atoms with Crippen molar-refractivity contribution in [2.24, 2.45) is 5.41 Å². The van der Waals surface area contributed by atoms with E-state index in [0.29, 0.717) is 19.6 Å². The fourth-order valence-corrected chi connectivity index (χ4v) is 3.69. The minimum absolute atomic E-state index is 0.0588. The van der Waals surface area contributed by atoms with Crippen molar-refractivity contribution >= 4 is 17.5 Å². The average molecular weight is 374 g/mol. The van der Waals surface area contributed by atoms with Crippen LogP contribution < -0.4 is 4.90 Å². The Bertz CT molecular complexity index is 676. The van der Waals surface area contributed by atoms with Gasteiger partial charge in [0.15, 0.2) is 0 Å². The number of carbonyl (C=O) groups excluding carboxylic acids is 2. The first kappa shape index (κ1) is 21.3. The van der Waals surface area contributed by atoms with Gasteiger partial charge in [0, 0.05) is 45.5 Å². The minimum Gasteiger partial charge on any atom is -0.368 e. The minimum atomic E-state index is -1.01. The number of benzene rings is 1. The highest BCUT2D eigenvalue weighted by molar-refractivity contribution is 6.04. The largest absolute Gasteiger partial charge is 0.368 e. The van der Waals surface area contributed by atoms with Gasteiger partial charge in [-0.25, -0.2) is 0 Å². The number of hydrogen-bond acceptors (Lipinski definition) is 3. The monoisotopic (exact) mass is 373 g/mol. The average Bonchev–Trinajstić information content (AvgIpc) is 2.67. The van der Waals surface area contributed by atoms with Crippen molar-refractivity contribution in [3.05, 3.63) is 29.3 Å². The third-order valence-corrected chi connectivity index (χ3v) is 5.75. The summed E-state index contributed by atoms with van der Waals surface area (Å²) >= 11 is 0. The lowest BCUT2D eigenvalue weighted by molar-refractivity contribution is -0.153. The van der Waals surface area contributed by atoms with E-state index < -0.39 is 5.41 Å². The second-order valence-corrected chi connectivity index (χ2v) is 8.20. The van der Waals surface area contributed by atoms with Crippen molar-refractivity contribution < 1.29 is 9.59 Å². The molecular weight excluding hydrogens is 338 g/mol. The molecule has 27 heavy (non-hydrogen) atoms. The van der Waals surface area contributed by atoms with Gasteiger partial charge in [-0.1, -0.05) is 25.5 Å². The Morgan fingerprint density at radius 1 is 1.11 bits per heavy atom. The molecule has 0 spiro atoms. The van der Waals surface area contributed by atoms with Crippen molar-refractivity contribution in [1.82, 2.24) is 9.80 Å². The molecule has 1 saturated heterocycles. The summed E-state index contributed by atoms with van der Waals surface area (Å²) in [6.45, 7) is 13.5. The third-order valence-electron chi connectivity index (χ3n) is 5.75. The van der Waals surface area contributed by atoms with Gasteiger partial charge in [0.1, 0.15) is 5.41 Å². The van der Waals surface area contributed by atoms with Gasteiger partial charge in [-0.15, -0.1) is 0 Å². The number of amides is 2. The van der Waals surface area contributed by atoms with E-state index in [1.54, 1.807) is 25.8 Å². The molecule has 0 saturated carbocycles. The molecule has 5 nitrogen and oxygen atoms in total. The van der Waals surface area contributed by atoms with Gasteiger partial charge in [0.2, 0.25) is 11.8 Å². The van der Waals surface area contributed by atoms with Crippen LogP contribution in [0.2, 0.25) is 0 Å². The van der Waals surface area contributed by atoms with E-state index in [1.165, 1.54) is 16.8 Å². The molecule has 0 unspecified atom stereocenters. The van der Waals surface area contributed by atoms with Crippen LogP contribution in [0.25, 0.3) is 0 Å². The third kappa shape index (κ3) is 4.63. The fourth-order valence-electron chi connectivity index (χ4n) is 3.69. The van der Waals surface area contributed by atoms with Crippen LogP contribution >= 0.6 is 0 Å². The molecule has 0 aliphatic carbocycles. The molecule has 2 rings (SSSR count). The van der Waals surface area contributed by atoms with Crippen molar-refractivity contribution in [3.63, 3.8) is 0 Å². The normalized spacial score (nSPS) is 15.0.